The number of rotatable bonds is 4. The van der Waals surface area contributed by atoms with Crippen molar-refractivity contribution in [2.45, 2.75) is 6.54 Å². The maximum atomic E-state index is 12.8. The number of aromatic nitrogens is 4. The van der Waals surface area contributed by atoms with E-state index in [-0.39, 0.29) is 24.3 Å². The zero-order valence-electron chi connectivity index (χ0n) is 12.2. The van der Waals surface area contributed by atoms with Crippen LogP contribution in [0.25, 0.3) is 11.6 Å². The summed E-state index contributed by atoms with van der Waals surface area (Å²) < 4.78 is 19.7. The molecule has 0 saturated carbocycles. The molecule has 8 nitrogen and oxygen atoms in total. The molecule has 118 valence electrons. The first-order chi connectivity index (χ1) is 11.1. The summed E-state index contributed by atoms with van der Waals surface area (Å²) in [6.07, 6.45) is 1.74. The number of aryl methyl sites for hydroxylation is 1. The van der Waals surface area contributed by atoms with Crippen molar-refractivity contribution >= 4 is 12.0 Å². The standard InChI is InChI=1S/C14H13FN6O2/c1-21-7-6-11(20-21)12-18-19-14(23-12)17-13(22)16-8-9-2-4-10(15)5-3-9/h2-7H,8H2,1H3,(H2,16,17,19,22). The molecule has 2 heterocycles. The molecule has 0 spiro atoms. The first kappa shape index (κ1) is 14.7. The minimum atomic E-state index is -0.509. The van der Waals surface area contributed by atoms with Crippen molar-refractivity contribution in [3.05, 3.63) is 47.9 Å². The summed E-state index contributed by atoms with van der Waals surface area (Å²) in [6.45, 7) is 0.243. The number of hydrogen-bond donors (Lipinski definition) is 2. The van der Waals surface area contributed by atoms with Crippen LogP contribution in [-0.2, 0) is 13.6 Å². The Kier molecular flexibility index (Phi) is 4.00. The van der Waals surface area contributed by atoms with Gasteiger partial charge in [-0.2, -0.15) is 5.10 Å². The molecule has 2 N–H and O–H groups in total. The number of anilines is 1. The molecular weight excluding hydrogens is 303 g/mol. The third kappa shape index (κ3) is 3.70. The van der Waals surface area contributed by atoms with Crippen molar-refractivity contribution in [2.24, 2.45) is 7.05 Å². The average Bonchev–Trinajstić information content (AvgIpc) is 3.16. The van der Waals surface area contributed by atoms with Crippen LogP contribution in [0.4, 0.5) is 15.2 Å². The zero-order valence-corrected chi connectivity index (χ0v) is 12.2. The third-order valence-corrected chi connectivity index (χ3v) is 2.94. The summed E-state index contributed by atoms with van der Waals surface area (Å²) >= 11 is 0. The van der Waals surface area contributed by atoms with Crippen LogP contribution < -0.4 is 10.6 Å². The zero-order chi connectivity index (χ0) is 16.2. The van der Waals surface area contributed by atoms with Gasteiger partial charge in [0.1, 0.15) is 11.5 Å². The Morgan fingerprint density at radius 2 is 2.04 bits per heavy atom. The number of carbonyl (C=O) groups excluding carboxylic acids is 1. The van der Waals surface area contributed by atoms with E-state index in [4.69, 9.17) is 4.42 Å². The maximum absolute atomic E-state index is 12.8. The lowest BCUT2D eigenvalue weighted by Gasteiger charge is -2.04. The smallest absolute Gasteiger partial charge is 0.324 e. The van der Waals surface area contributed by atoms with E-state index in [1.165, 1.54) is 12.1 Å². The van der Waals surface area contributed by atoms with Crippen molar-refractivity contribution in [1.82, 2.24) is 25.3 Å². The number of carbonyl (C=O) groups is 1. The molecule has 2 amide bonds. The molecule has 3 aromatic rings. The summed E-state index contributed by atoms with van der Waals surface area (Å²) in [7, 11) is 1.77. The van der Waals surface area contributed by atoms with Gasteiger partial charge in [-0.15, -0.1) is 5.10 Å². The van der Waals surface area contributed by atoms with Crippen molar-refractivity contribution in [3.8, 4) is 11.6 Å². The quantitative estimate of drug-likeness (QED) is 0.766. The highest BCUT2D eigenvalue weighted by Crippen LogP contribution is 2.17. The lowest BCUT2D eigenvalue weighted by Crippen LogP contribution is -2.28. The Bertz CT molecular complexity index is 811. The molecule has 0 aliphatic carbocycles. The number of urea groups is 1. The van der Waals surface area contributed by atoms with E-state index >= 15 is 0 Å². The van der Waals surface area contributed by atoms with Crippen LogP contribution in [0.2, 0.25) is 0 Å². The fraction of sp³-hybridized carbons (Fsp3) is 0.143. The Morgan fingerprint density at radius 1 is 1.26 bits per heavy atom. The van der Waals surface area contributed by atoms with E-state index in [1.807, 2.05) is 0 Å². The Labute approximate surface area is 130 Å². The van der Waals surface area contributed by atoms with Crippen LogP contribution in [0, 0.1) is 5.82 Å². The Morgan fingerprint density at radius 3 is 2.74 bits per heavy atom. The van der Waals surface area contributed by atoms with Gasteiger partial charge in [-0.25, -0.2) is 9.18 Å². The van der Waals surface area contributed by atoms with E-state index in [2.05, 4.69) is 25.9 Å². The average molecular weight is 316 g/mol. The van der Waals surface area contributed by atoms with Gasteiger partial charge in [0, 0.05) is 19.8 Å². The summed E-state index contributed by atoms with van der Waals surface area (Å²) in [6, 6.07) is 6.99. The van der Waals surface area contributed by atoms with Crippen molar-refractivity contribution in [1.29, 1.82) is 0 Å². The van der Waals surface area contributed by atoms with E-state index in [0.717, 1.165) is 5.56 Å². The molecule has 9 heteroatoms. The van der Waals surface area contributed by atoms with Gasteiger partial charge in [0.05, 0.1) is 0 Å². The molecule has 23 heavy (non-hydrogen) atoms. The summed E-state index contributed by atoms with van der Waals surface area (Å²) in [5, 5.41) is 16.7. The maximum Gasteiger partial charge on any atom is 0.324 e. The lowest BCUT2D eigenvalue weighted by atomic mass is 10.2. The molecule has 0 bridgehead atoms. The number of hydrogen-bond acceptors (Lipinski definition) is 5. The van der Waals surface area contributed by atoms with Gasteiger partial charge >= 0.3 is 12.0 Å². The summed E-state index contributed by atoms with van der Waals surface area (Å²) in [5.41, 5.74) is 1.28. The molecule has 0 fully saturated rings. The minimum Gasteiger partial charge on any atom is -0.401 e. The molecule has 3 rings (SSSR count). The minimum absolute atomic E-state index is 0.0396. The van der Waals surface area contributed by atoms with Crippen LogP contribution in [0.15, 0.2) is 40.9 Å². The summed E-state index contributed by atoms with van der Waals surface area (Å²) in [4.78, 5) is 11.8. The second kappa shape index (κ2) is 6.26. The fourth-order valence-corrected chi connectivity index (χ4v) is 1.83. The van der Waals surface area contributed by atoms with Crippen molar-refractivity contribution in [2.75, 3.05) is 5.32 Å². The van der Waals surface area contributed by atoms with E-state index in [9.17, 15) is 9.18 Å². The normalized spacial score (nSPS) is 10.5. The van der Waals surface area contributed by atoms with Gasteiger partial charge in [0.2, 0.25) is 0 Å². The van der Waals surface area contributed by atoms with Gasteiger partial charge < -0.3 is 9.73 Å². The highest BCUT2D eigenvalue weighted by atomic mass is 19.1. The van der Waals surface area contributed by atoms with Gasteiger partial charge in [-0.3, -0.25) is 10.00 Å². The molecule has 1 aromatic carbocycles. The van der Waals surface area contributed by atoms with Gasteiger partial charge in [-0.05, 0) is 23.8 Å². The monoisotopic (exact) mass is 316 g/mol. The first-order valence-corrected chi connectivity index (χ1v) is 6.73. The van der Waals surface area contributed by atoms with Gasteiger partial charge in [0.15, 0.2) is 0 Å². The molecule has 0 unspecified atom stereocenters. The number of nitrogens with zero attached hydrogens (tertiary/aromatic N) is 4. The molecular formula is C14H13FN6O2. The molecule has 0 atom stereocenters. The molecule has 0 radical (unpaired) electrons. The van der Waals surface area contributed by atoms with Crippen LogP contribution in [0.5, 0.6) is 0 Å². The second-order valence-electron chi connectivity index (χ2n) is 4.72. The van der Waals surface area contributed by atoms with Crippen LogP contribution in [-0.4, -0.2) is 26.0 Å². The lowest BCUT2D eigenvalue weighted by molar-refractivity contribution is 0.251. The number of halogens is 1. The molecule has 0 saturated heterocycles. The number of nitrogens with one attached hydrogen (secondary N) is 2. The van der Waals surface area contributed by atoms with Gasteiger partial charge in [0.25, 0.3) is 5.89 Å². The third-order valence-electron chi connectivity index (χ3n) is 2.94. The SMILES string of the molecule is Cn1ccc(-c2nnc(NC(=O)NCc3ccc(F)cc3)o2)n1. The highest BCUT2D eigenvalue weighted by molar-refractivity contribution is 5.86. The fourth-order valence-electron chi connectivity index (χ4n) is 1.83. The summed E-state index contributed by atoms with van der Waals surface area (Å²) in [5.74, 6) is -0.120. The molecule has 0 aliphatic heterocycles. The largest absolute Gasteiger partial charge is 0.401 e. The van der Waals surface area contributed by atoms with E-state index in [0.29, 0.717) is 5.69 Å². The van der Waals surface area contributed by atoms with E-state index < -0.39 is 6.03 Å². The van der Waals surface area contributed by atoms with Crippen molar-refractivity contribution in [3.63, 3.8) is 0 Å². The Balaban J connectivity index is 1.56. The number of benzene rings is 1. The first-order valence-electron chi connectivity index (χ1n) is 6.73. The van der Waals surface area contributed by atoms with Crippen LogP contribution in [0.1, 0.15) is 5.56 Å². The second-order valence-corrected chi connectivity index (χ2v) is 4.72. The molecule has 2 aromatic heterocycles. The Hall–Kier alpha value is -3.23. The highest BCUT2D eigenvalue weighted by Gasteiger charge is 2.12. The predicted octanol–water partition coefficient (Wildman–Crippen LogP) is 1.93. The van der Waals surface area contributed by atoms with Crippen LogP contribution >= 0.6 is 0 Å². The number of amides is 2. The van der Waals surface area contributed by atoms with Crippen molar-refractivity contribution < 1.29 is 13.6 Å². The van der Waals surface area contributed by atoms with Crippen LogP contribution in [0.3, 0.4) is 0 Å². The van der Waals surface area contributed by atoms with Gasteiger partial charge in [-0.1, -0.05) is 17.2 Å². The van der Waals surface area contributed by atoms with E-state index in [1.54, 1.807) is 36.1 Å². The molecule has 0 aliphatic rings. The predicted molar refractivity (Wildman–Crippen MR) is 78.8 cm³/mol. The topological polar surface area (TPSA) is 97.9 Å².